The van der Waals surface area contributed by atoms with Crippen molar-refractivity contribution in [1.82, 2.24) is 9.97 Å². The lowest BCUT2D eigenvalue weighted by molar-refractivity contribution is 1.08. The van der Waals surface area contributed by atoms with Crippen LogP contribution < -0.4 is 0 Å². The summed E-state index contributed by atoms with van der Waals surface area (Å²) in [4.78, 5) is 8.70. The maximum Gasteiger partial charge on any atom is 0.0704 e. The summed E-state index contributed by atoms with van der Waals surface area (Å²) in [6.07, 6.45) is 4.51. The molecule has 0 atom stereocenters. The predicted octanol–water partition coefficient (Wildman–Crippen LogP) is 3.22. The number of hydrogen-bond donors (Lipinski definition) is 0. The molecule has 0 aliphatic carbocycles. The van der Waals surface area contributed by atoms with Gasteiger partial charge in [-0.15, -0.1) is 0 Å². The van der Waals surface area contributed by atoms with Gasteiger partial charge in [0.15, 0.2) is 0 Å². The Morgan fingerprint density at radius 3 is 2.65 bits per heavy atom. The van der Waals surface area contributed by atoms with Gasteiger partial charge in [-0.1, -0.05) is 24.3 Å². The summed E-state index contributed by atoms with van der Waals surface area (Å²) in [7, 11) is 0. The molecule has 82 valence electrons. The lowest BCUT2D eigenvalue weighted by Crippen LogP contribution is -1.91. The summed E-state index contributed by atoms with van der Waals surface area (Å²) in [6, 6.07) is 16.4. The Balaban J connectivity index is 1.96. The van der Waals surface area contributed by atoms with E-state index in [1.807, 2.05) is 36.7 Å². The molecule has 3 rings (SSSR count). The van der Waals surface area contributed by atoms with E-state index in [9.17, 15) is 0 Å². The van der Waals surface area contributed by atoms with Crippen LogP contribution in [0.4, 0.5) is 0 Å². The van der Waals surface area contributed by atoms with E-state index in [4.69, 9.17) is 0 Å². The van der Waals surface area contributed by atoms with Crippen molar-refractivity contribution in [2.75, 3.05) is 0 Å². The largest absolute Gasteiger partial charge is 0.261 e. The molecule has 1 aromatic carbocycles. The van der Waals surface area contributed by atoms with Gasteiger partial charge in [0, 0.05) is 29.9 Å². The van der Waals surface area contributed by atoms with Gasteiger partial charge in [-0.05, 0) is 29.8 Å². The Morgan fingerprint density at radius 2 is 1.76 bits per heavy atom. The molecule has 17 heavy (non-hydrogen) atoms. The van der Waals surface area contributed by atoms with Crippen molar-refractivity contribution < 1.29 is 0 Å². The first-order valence-electron chi connectivity index (χ1n) is 5.65. The van der Waals surface area contributed by atoms with E-state index in [1.54, 1.807) is 0 Å². The minimum Gasteiger partial charge on any atom is -0.261 e. The molecule has 3 aromatic rings. The van der Waals surface area contributed by atoms with Crippen molar-refractivity contribution in [2.24, 2.45) is 0 Å². The molecule has 0 saturated heterocycles. The van der Waals surface area contributed by atoms with Gasteiger partial charge < -0.3 is 0 Å². The van der Waals surface area contributed by atoms with E-state index in [0.29, 0.717) is 0 Å². The lowest BCUT2D eigenvalue weighted by atomic mass is 10.1. The molecule has 0 bridgehead atoms. The smallest absolute Gasteiger partial charge is 0.0704 e. The van der Waals surface area contributed by atoms with Crippen LogP contribution in [0.15, 0.2) is 60.9 Å². The molecule has 2 aromatic heterocycles. The SMILES string of the molecule is c1ccc(Cc2ccc3cccnc3c2)nc1. The number of rotatable bonds is 2. The van der Waals surface area contributed by atoms with E-state index in [1.165, 1.54) is 10.9 Å². The summed E-state index contributed by atoms with van der Waals surface area (Å²) >= 11 is 0. The van der Waals surface area contributed by atoms with Crippen molar-refractivity contribution in [3.05, 3.63) is 72.2 Å². The number of pyridine rings is 2. The fourth-order valence-electron chi connectivity index (χ4n) is 1.93. The van der Waals surface area contributed by atoms with Crippen LogP contribution in [0.5, 0.6) is 0 Å². The Bertz CT molecular complexity index is 633. The van der Waals surface area contributed by atoms with Crippen molar-refractivity contribution in [3.8, 4) is 0 Å². The Morgan fingerprint density at radius 1 is 0.824 bits per heavy atom. The van der Waals surface area contributed by atoms with E-state index < -0.39 is 0 Å². The van der Waals surface area contributed by atoms with Gasteiger partial charge in [0.1, 0.15) is 0 Å². The Kier molecular flexibility index (Phi) is 2.54. The number of nitrogens with zero attached hydrogens (tertiary/aromatic N) is 2. The Hall–Kier alpha value is -2.22. The van der Waals surface area contributed by atoms with Gasteiger partial charge in [-0.3, -0.25) is 9.97 Å². The average molecular weight is 220 g/mol. The molecule has 0 N–H and O–H groups in total. The summed E-state index contributed by atoms with van der Waals surface area (Å²) in [5.74, 6) is 0. The highest BCUT2D eigenvalue weighted by molar-refractivity contribution is 5.78. The number of benzene rings is 1. The molecule has 0 aliphatic rings. The molecule has 0 amide bonds. The van der Waals surface area contributed by atoms with Gasteiger partial charge >= 0.3 is 0 Å². The van der Waals surface area contributed by atoms with Crippen LogP contribution in [-0.2, 0) is 6.42 Å². The molecule has 0 aliphatic heterocycles. The second kappa shape index (κ2) is 4.34. The standard InChI is InChI=1S/C15H12N2/c1-2-8-16-14(5-1)10-12-6-7-13-4-3-9-17-15(13)11-12/h1-9,11H,10H2. The van der Waals surface area contributed by atoms with Gasteiger partial charge in [0.25, 0.3) is 0 Å². The van der Waals surface area contributed by atoms with Crippen molar-refractivity contribution in [3.63, 3.8) is 0 Å². The molecule has 0 saturated carbocycles. The molecule has 0 radical (unpaired) electrons. The topological polar surface area (TPSA) is 25.8 Å². The normalized spacial score (nSPS) is 10.6. The number of hydrogen-bond acceptors (Lipinski definition) is 2. The van der Waals surface area contributed by atoms with Crippen LogP contribution in [-0.4, -0.2) is 9.97 Å². The maximum atomic E-state index is 4.36. The zero-order valence-corrected chi connectivity index (χ0v) is 9.38. The van der Waals surface area contributed by atoms with Crippen molar-refractivity contribution in [1.29, 1.82) is 0 Å². The van der Waals surface area contributed by atoms with E-state index in [-0.39, 0.29) is 0 Å². The highest BCUT2D eigenvalue weighted by Crippen LogP contribution is 2.15. The molecule has 2 heteroatoms. The second-order valence-electron chi connectivity index (χ2n) is 4.03. The van der Waals surface area contributed by atoms with Crippen molar-refractivity contribution in [2.45, 2.75) is 6.42 Å². The van der Waals surface area contributed by atoms with E-state index in [2.05, 4.69) is 34.2 Å². The Labute approximate surface area is 100.0 Å². The summed E-state index contributed by atoms with van der Waals surface area (Å²) in [5.41, 5.74) is 3.37. The first-order chi connectivity index (χ1) is 8.42. The fourth-order valence-corrected chi connectivity index (χ4v) is 1.93. The van der Waals surface area contributed by atoms with Crippen molar-refractivity contribution >= 4 is 10.9 Å². The molecule has 0 unspecified atom stereocenters. The molecule has 0 spiro atoms. The van der Waals surface area contributed by atoms with Crippen LogP contribution >= 0.6 is 0 Å². The highest BCUT2D eigenvalue weighted by Gasteiger charge is 1.99. The quantitative estimate of drug-likeness (QED) is 0.662. The average Bonchev–Trinajstić information content (AvgIpc) is 2.40. The fraction of sp³-hybridized carbons (Fsp3) is 0.0667. The van der Waals surface area contributed by atoms with Gasteiger partial charge in [0.2, 0.25) is 0 Å². The zero-order valence-electron chi connectivity index (χ0n) is 9.38. The van der Waals surface area contributed by atoms with Gasteiger partial charge in [-0.25, -0.2) is 0 Å². The van der Waals surface area contributed by atoms with Crippen LogP contribution in [0.2, 0.25) is 0 Å². The zero-order chi connectivity index (χ0) is 11.5. The molecule has 0 fully saturated rings. The summed E-state index contributed by atoms with van der Waals surface area (Å²) < 4.78 is 0. The summed E-state index contributed by atoms with van der Waals surface area (Å²) in [5, 5.41) is 1.18. The monoisotopic (exact) mass is 220 g/mol. The third kappa shape index (κ3) is 2.16. The maximum absolute atomic E-state index is 4.36. The van der Waals surface area contributed by atoms with Crippen LogP contribution in [0.3, 0.4) is 0 Å². The number of aromatic nitrogens is 2. The lowest BCUT2D eigenvalue weighted by Gasteiger charge is -2.02. The highest BCUT2D eigenvalue weighted by atomic mass is 14.7. The predicted molar refractivity (Wildman–Crippen MR) is 68.8 cm³/mol. The van der Waals surface area contributed by atoms with E-state index >= 15 is 0 Å². The van der Waals surface area contributed by atoms with Crippen LogP contribution in [0.1, 0.15) is 11.3 Å². The molecule has 2 heterocycles. The minimum atomic E-state index is 0.855. The first kappa shape index (κ1) is 9.97. The summed E-state index contributed by atoms with van der Waals surface area (Å²) in [6.45, 7) is 0. The third-order valence-corrected chi connectivity index (χ3v) is 2.78. The molecule has 2 nitrogen and oxygen atoms in total. The molecular weight excluding hydrogens is 208 g/mol. The number of fused-ring (bicyclic) bond motifs is 1. The van der Waals surface area contributed by atoms with Crippen LogP contribution in [0.25, 0.3) is 10.9 Å². The van der Waals surface area contributed by atoms with E-state index in [0.717, 1.165) is 17.6 Å². The van der Waals surface area contributed by atoms with Gasteiger partial charge in [-0.2, -0.15) is 0 Å². The molecular formula is C15H12N2. The van der Waals surface area contributed by atoms with Crippen LogP contribution in [0, 0.1) is 0 Å². The second-order valence-corrected chi connectivity index (χ2v) is 4.03. The minimum absolute atomic E-state index is 0.855. The first-order valence-corrected chi connectivity index (χ1v) is 5.65. The van der Waals surface area contributed by atoms with Gasteiger partial charge in [0.05, 0.1) is 5.52 Å². The third-order valence-electron chi connectivity index (χ3n) is 2.78.